The Morgan fingerprint density at radius 3 is 1.10 bits per heavy atom. The second-order valence-corrected chi connectivity index (χ2v) is 27.5. The lowest BCUT2D eigenvalue weighted by Crippen LogP contribution is -2.65. The van der Waals surface area contributed by atoms with E-state index in [2.05, 4.69) is 116 Å². The molecule has 0 bridgehead atoms. The van der Waals surface area contributed by atoms with Crippen molar-refractivity contribution in [3.05, 3.63) is 97.2 Å². The van der Waals surface area contributed by atoms with Crippen molar-refractivity contribution in [2.24, 2.45) is 0 Å². The van der Waals surface area contributed by atoms with Gasteiger partial charge in [0.25, 0.3) is 0 Å². The molecule has 556 valence electrons. The van der Waals surface area contributed by atoms with E-state index in [0.717, 1.165) is 103 Å². The third kappa shape index (κ3) is 47.9. The normalized spacial score (nSPS) is 22.8. The van der Waals surface area contributed by atoms with Crippen LogP contribution in [-0.4, -0.2) is 140 Å². The zero-order valence-corrected chi connectivity index (χ0v) is 60.8. The van der Waals surface area contributed by atoms with Gasteiger partial charge in [0.2, 0.25) is 5.91 Å². The van der Waals surface area contributed by atoms with Crippen molar-refractivity contribution < 1.29 is 64.6 Å². The average molecular weight is 1350 g/mol. The van der Waals surface area contributed by atoms with E-state index in [0.29, 0.717) is 12.8 Å². The lowest BCUT2D eigenvalue weighted by atomic mass is 9.97. The van der Waals surface area contributed by atoms with Crippen LogP contribution in [0.15, 0.2) is 97.2 Å². The van der Waals surface area contributed by atoms with Crippen molar-refractivity contribution in [1.29, 1.82) is 0 Å². The zero-order valence-electron chi connectivity index (χ0n) is 60.8. The summed E-state index contributed by atoms with van der Waals surface area (Å²) >= 11 is 0. The molecule has 0 radical (unpaired) electrons. The number of rotatable bonds is 65. The van der Waals surface area contributed by atoms with Crippen LogP contribution in [0, 0.1) is 0 Å². The van der Waals surface area contributed by atoms with Crippen molar-refractivity contribution >= 4 is 5.91 Å². The van der Waals surface area contributed by atoms with E-state index in [-0.39, 0.29) is 12.5 Å². The maximum absolute atomic E-state index is 13.4. The van der Waals surface area contributed by atoms with Crippen LogP contribution < -0.4 is 5.32 Å². The largest absolute Gasteiger partial charge is 0.394 e. The monoisotopic (exact) mass is 1350 g/mol. The first-order valence-electron chi connectivity index (χ1n) is 39.5. The number of aliphatic hydroxyl groups excluding tert-OH is 8. The molecular weight excluding hydrogens is 1210 g/mol. The number of allylic oxidation sites excluding steroid dienone is 16. The molecule has 12 unspecified atom stereocenters. The van der Waals surface area contributed by atoms with Crippen molar-refractivity contribution in [2.75, 3.05) is 19.8 Å². The summed E-state index contributed by atoms with van der Waals surface area (Å²) in [6.45, 7) is 2.79. The van der Waals surface area contributed by atoms with Crippen LogP contribution in [0.5, 0.6) is 0 Å². The first kappa shape index (κ1) is 89.0. The van der Waals surface area contributed by atoms with Crippen LogP contribution >= 0.6 is 0 Å². The molecule has 0 aromatic heterocycles. The Labute approximate surface area is 585 Å². The van der Waals surface area contributed by atoms with Gasteiger partial charge in [-0.05, 0) is 77.0 Å². The van der Waals surface area contributed by atoms with E-state index in [1.807, 2.05) is 0 Å². The number of hydrogen-bond acceptors (Lipinski definition) is 13. The average Bonchev–Trinajstić information content (AvgIpc) is 0.806. The summed E-state index contributed by atoms with van der Waals surface area (Å²) in [6.07, 6.45) is 75.7. The van der Waals surface area contributed by atoms with Crippen LogP contribution in [0.2, 0.25) is 0 Å². The molecule has 1 amide bonds. The summed E-state index contributed by atoms with van der Waals surface area (Å²) in [6, 6.07) is -0.835. The molecule has 2 heterocycles. The smallest absolute Gasteiger partial charge is 0.220 e. The van der Waals surface area contributed by atoms with E-state index in [1.54, 1.807) is 0 Å². The highest BCUT2D eigenvalue weighted by Gasteiger charge is 2.51. The predicted octanol–water partition coefficient (Wildman–Crippen LogP) is 17.7. The first-order chi connectivity index (χ1) is 47.1. The molecule has 0 spiro atoms. The van der Waals surface area contributed by atoms with Gasteiger partial charge in [0.05, 0.1) is 32.0 Å². The van der Waals surface area contributed by atoms with Gasteiger partial charge >= 0.3 is 0 Å². The Hall–Kier alpha value is -3.09. The topological polar surface area (TPSA) is 228 Å². The highest BCUT2D eigenvalue weighted by molar-refractivity contribution is 5.76. The van der Waals surface area contributed by atoms with E-state index < -0.39 is 86.8 Å². The molecular formula is C82H145NO13. The van der Waals surface area contributed by atoms with Gasteiger partial charge in [0.15, 0.2) is 12.6 Å². The van der Waals surface area contributed by atoms with Crippen molar-refractivity contribution in [1.82, 2.24) is 5.32 Å². The number of aliphatic hydroxyl groups is 8. The van der Waals surface area contributed by atoms with Gasteiger partial charge in [0.1, 0.15) is 48.8 Å². The molecule has 12 atom stereocenters. The maximum Gasteiger partial charge on any atom is 0.220 e. The minimum absolute atomic E-state index is 0.206. The molecule has 0 aliphatic carbocycles. The first-order valence-corrected chi connectivity index (χ1v) is 39.5. The summed E-state index contributed by atoms with van der Waals surface area (Å²) < 4.78 is 23.0. The fraction of sp³-hybridized carbons (Fsp3) is 0.793. The molecule has 2 aliphatic heterocycles. The molecule has 2 rings (SSSR count). The lowest BCUT2D eigenvalue weighted by Gasteiger charge is -2.46. The quantitative estimate of drug-likeness (QED) is 0.0204. The third-order valence-electron chi connectivity index (χ3n) is 18.8. The van der Waals surface area contributed by atoms with Gasteiger partial charge in [-0.25, -0.2) is 0 Å². The summed E-state index contributed by atoms with van der Waals surface area (Å²) in [5, 5.41) is 87.8. The van der Waals surface area contributed by atoms with Gasteiger partial charge < -0.3 is 65.1 Å². The number of unbranched alkanes of at least 4 members (excludes halogenated alkanes) is 36. The van der Waals surface area contributed by atoms with Crippen LogP contribution in [0.4, 0.5) is 0 Å². The molecule has 2 aliphatic rings. The van der Waals surface area contributed by atoms with Gasteiger partial charge in [0, 0.05) is 6.42 Å². The van der Waals surface area contributed by atoms with E-state index in [4.69, 9.17) is 18.9 Å². The highest BCUT2D eigenvalue weighted by Crippen LogP contribution is 2.30. The van der Waals surface area contributed by atoms with Crippen molar-refractivity contribution in [3.8, 4) is 0 Å². The van der Waals surface area contributed by atoms with Gasteiger partial charge in [-0.15, -0.1) is 0 Å². The SMILES string of the molecule is CC/C=C\C/C=C\C/C=C\C/C=C\C/C=C\C/C=C\C/C=C\C/C=C\CCCCCCCCCCCCCCCCC(=O)NC(COC1OC(CO)C(OC2OC(CO)C(O)C(O)C2O)C(O)C1O)C(O)CCCCCCCCCCCCCCCCCCCCCCCCC. The van der Waals surface area contributed by atoms with Crippen LogP contribution in [0.3, 0.4) is 0 Å². The standard InChI is InChI=1S/C82H145NO13/c1-3-5-7-9-11-13-15-17-19-21-23-25-27-28-29-30-31-32-33-34-35-36-37-38-39-40-41-42-44-46-48-50-52-54-56-58-60-62-64-66-74(87)83-70(69-93-81-79(92)77(90)80(73(68-85)95-81)96-82-78(91)76(89)75(88)72(67-84)94-82)71(86)65-63-61-59-57-55-53-51-49-47-45-43-26-24-22-20-18-16-14-12-10-8-6-4-2/h5,7,11,13,17,19,23,25,28-29,31-32,34-35,37-38,70-73,75-82,84-86,88-92H,3-4,6,8-10,12,14-16,18,20-22,24,26-27,30,33,36,39-69H2,1-2H3,(H,83,87)/b7-5-,13-11-,19-17-,25-23-,29-28-,32-31-,35-34-,38-37-. The van der Waals surface area contributed by atoms with Gasteiger partial charge in [-0.1, -0.05) is 336 Å². The van der Waals surface area contributed by atoms with E-state index >= 15 is 0 Å². The Kier molecular flexibility index (Phi) is 60.5. The van der Waals surface area contributed by atoms with E-state index in [9.17, 15) is 45.6 Å². The molecule has 2 fully saturated rings. The predicted molar refractivity (Wildman–Crippen MR) is 396 cm³/mol. The summed E-state index contributed by atoms with van der Waals surface area (Å²) in [5.74, 6) is -0.206. The van der Waals surface area contributed by atoms with Crippen molar-refractivity contribution in [2.45, 2.75) is 396 Å². The molecule has 9 N–H and O–H groups in total. The Bertz CT molecular complexity index is 1980. The Morgan fingerprint density at radius 1 is 0.385 bits per heavy atom. The lowest BCUT2D eigenvalue weighted by molar-refractivity contribution is -0.359. The second kappa shape index (κ2) is 65.2. The second-order valence-electron chi connectivity index (χ2n) is 27.5. The maximum atomic E-state index is 13.4. The third-order valence-corrected chi connectivity index (χ3v) is 18.8. The number of carbonyl (C=O) groups is 1. The molecule has 14 heteroatoms. The summed E-state index contributed by atoms with van der Waals surface area (Å²) in [4.78, 5) is 13.4. The fourth-order valence-electron chi connectivity index (χ4n) is 12.6. The van der Waals surface area contributed by atoms with Gasteiger partial charge in [-0.2, -0.15) is 0 Å². The zero-order chi connectivity index (χ0) is 69.4. The minimum atomic E-state index is -1.79. The number of nitrogens with one attached hydrogen (secondary N) is 1. The number of ether oxygens (including phenoxy) is 4. The number of hydrogen-bond donors (Lipinski definition) is 9. The fourth-order valence-corrected chi connectivity index (χ4v) is 12.6. The molecule has 0 aromatic carbocycles. The van der Waals surface area contributed by atoms with Crippen molar-refractivity contribution in [3.63, 3.8) is 0 Å². The summed E-state index contributed by atoms with van der Waals surface area (Å²) in [7, 11) is 0. The van der Waals surface area contributed by atoms with Crippen LogP contribution in [0.25, 0.3) is 0 Å². The van der Waals surface area contributed by atoms with Crippen LogP contribution in [-0.2, 0) is 23.7 Å². The summed E-state index contributed by atoms with van der Waals surface area (Å²) in [5.41, 5.74) is 0. The van der Waals surface area contributed by atoms with Crippen LogP contribution in [0.1, 0.15) is 322 Å². The molecule has 2 saturated heterocycles. The number of carbonyl (C=O) groups excluding carboxylic acids is 1. The minimum Gasteiger partial charge on any atom is -0.394 e. The molecule has 0 aromatic rings. The Morgan fingerprint density at radius 2 is 0.719 bits per heavy atom. The molecule has 96 heavy (non-hydrogen) atoms. The van der Waals surface area contributed by atoms with E-state index in [1.165, 1.54) is 193 Å². The Balaban J connectivity index is 1.60. The number of amides is 1. The highest BCUT2D eigenvalue weighted by atomic mass is 16.7. The molecule has 0 saturated carbocycles. The molecule has 14 nitrogen and oxygen atoms in total. The van der Waals surface area contributed by atoms with Gasteiger partial charge in [-0.3, -0.25) is 4.79 Å².